The van der Waals surface area contributed by atoms with Gasteiger partial charge in [0.15, 0.2) is 0 Å². The quantitative estimate of drug-likeness (QED) is 0.525. The van der Waals surface area contributed by atoms with E-state index in [1.54, 1.807) is 30.7 Å². The van der Waals surface area contributed by atoms with Crippen LogP contribution in [0.4, 0.5) is 11.4 Å². The molecule has 0 unspecified atom stereocenters. The average Bonchev–Trinajstić information content (AvgIpc) is 2.92. The number of aromatic nitrogens is 2. The van der Waals surface area contributed by atoms with Crippen molar-refractivity contribution in [1.29, 1.82) is 0 Å². The maximum atomic E-state index is 11.3. The summed E-state index contributed by atoms with van der Waals surface area (Å²) in [5.41, 5.74) is 12.8. The number of imidazole rings is 1. The number of carbonyl (C=O) groups is 1. The van der Waals surface area contributed by atoms with E-state index in [1.165, 1.54) is 0 Å². The number of aryl methyl sites for hydroxylation is 1. The Hall–Kier alpha value is -2.50. The van der Waals surface area contributed by atoms with Crippen LogP contribution in [0.2, 0.25) is 0 Å². The van der Waals surface area contributed by atoms with Crippen molar-refractivity contribution >= 4 is 17.3 Å². The zero-order valence-electron chi connectivity index (χ0n) is 11.2. The van der Waals surface area contributed by atoms with Gasteiger partial charge in [0.1, 0.15) is 0 Å². The number of nitrogens with two attached hydrogens (primary N) is 2. The first kappa shape index (κ1) is 13.9. The Morgan fingerprint density at radius 2 is 2.20 bits per heavy atom. The molecule has 0 bridgehead atoms. The van der Waals surface area contributed by atoms with E-state index in [0.717, 1.165) is 25.9 Å². The zero-order valence-corrected chi connectivity index (χ0v) is 11.2. The van der Waals surface area contributed by atoms with Crippen LogP contribution < -0.4 is 16.8 Å². The van der Waals surface area contributed by atoms with E-state index in [2.05, 4.69) is 10.3 Å². The third-order valence-electron chi connectivity index (χ3n) is 3.07. The fraction of sp³-hybridized carbons (Fsp3) is 0.286. The van der Waals surface area contributed by atoms with Crippen molar-refractivity contribution in [1.82, 2.24) is 9.55 Å². The summed E-state index contributed by atoms with van der Waals surface area (Å²) >= 11 is 0. The molecule has 0 radical (unpaired) electrons. The minimum absolute atomic E-state index is 0.430. The van der Waals surface area contributed by atoms with Crippen molar-refractivity contribution in [2.45, 2.75) is 19.4 Å². The van der Waals surface area contributed by atoms with Crippen LogP contribution in [0, 0.1) is 0 Å². The first-order valence-electron chi connectivity index (χ1n) is 6.56. The van der Waals surface area contributed by atoms with Gasteiger partial charge in [0.25, 0.3) is 5.91 Å². The van der Waals surface area contributed by atoms with Gasteiger partial charge in [-0.15, -0.1) is 0 Å². The minimum atomic E-state index is -0.474. The molecule has 0 atom stereocenters. The van der Waals surface area contributed by atoms with Gasteiger partial charge in [0, 0.05) is 25.5 Å². The lowest BCUT2D eigenvalue weighted by molar-refractivity contribution is 0.100. The number of benzene rings is 1. The van der Waals surface area contributed by atoms with Crippen molar-refractivity contribution < 1.29 is 4.79 Å². The topological polar surface area (TPSA) is 99.0 Å². The number of anilines is 2. The Kier molecular flexibility index (Phi) is 4.60. The number of nitrogens with zero attached hydrogens (tertiary/aromatic N) is 2. The smallest absolute Gasteiger partial charge is 0.250 e. The highest BCUT2D eigenvalue weighted by molar-refractivity contribution is 6.01. The molecule has 0 saturated heterocycles. The number of hydrogen-bond donors (Lipinski definition) is 3. The number of rotatable bonds is 7. The van der Waals surface area contributed by atoms with Crippen molar-refractivity contribution in [2.24, 2.45) is 5.73 Å². The average molecular weight is 273 g/mol. The number of unbranched alkanes of at least 4 members (excludes halogenated alkanes) is 1. The van der Waals surface area contributed by atoms with Gasteiger partial charge >= 0.3 is 0 Å². The van der Waals surface area contributed by atoms with Gasteiger partial charge in [-0.1, -0.05) is 6.07 Å². The number of hydrogen-bond acceptors (Lipinski definition) is 4. The van der Waals surface area contributed by atoms with E-state index in [0.29, 0.717) is 16.9 Å². The predicted molar refractivity (Wildman–Crippen MR) is 79.3 cm³/mol. The molecule has 0 saturated carbocycles. The van der Waals surface area contributed by atoms with E-state index in [1.807, 2.05) is 10.8 Å². The van der Waals surface area contributed by atoms with Crippen molar-refractivity contribution in [2.75, 3.05) is 17.6 Å². The molecule has 1 heterocycles. The monoisotopic (exact) mass is 273 g/mol. The first-order chi connectivity index (χ1) is 9.68. The summed E-state index contributed by atoms with van der Waals surface area (Å²) in [6.07, 6.45) is 7.48. The molecule has 20 heavy (non-hydrogen) atoms. The fourth-order valence-corrected chi connectivity index (χ4v) is 2.02. The minimum Gasteiger partial charge on any atom is -0.397 e. The molecule has 0 spiro atoms. The van der Waals surface area contributed by atoms with Crippen LogP contribution in [0.5, 0.6) is 0 Å². The number of amides is 1. The van der Waals surface area contributed by atoms with Crippen molar-refractivity contribution in [3.8, 4) is 0 Å². The molecule has 6 nitrogen and oxygen atoms in total. The summed E-state index contributed by atoms with van der Waals surface area (Å²) in [7, 11) is 0. The Morgan fingerprint density at radius 3 is 2.90 bits per heavy atom. The van der Waals surface area contributed by atoms with Crippen LogP contribution in [0.3, 0.4) is 0 Å². The molecular weight excluding hydrogens is 254 g/mol. The largest absolute Gasteiger partial charge is 0.397 e. The molecule has 6 heteroatoms. The Bertz CT molecular complexity index is 565. The summed E-state index contributed by atoms with van der Waals surface area (Å²) in [4.78, 5) is 15.3. The Morgan fingerprint density at radius 1 is 1.35 bits per heavy atom. The maximum absolute atomic E-state index is 11.3. The maximum Gasteiger partial charge on any atom is 0.250 e. The molecule has 2 rings (SSSR count). The van der Waals surface area contributed by atoms with Crippen LogP contribution in [0.1, 0.15) is 23.2 Å². The van der Waals surface area contributed by atoms with Crippen LogP contribution >= 0.6 is 0 Å². The van der Waals surface area contributed by atoms with Gasteiger partial charge in [-0.25, -0.2) is 4.98 Å². The second-order valence-electron chi connectivity index (χ2n) is 4.57. The third-order valence-corrected chi connectivity index (χ3v) is 3.07. The van der Waals surface area contributed by atoms with E-state index < -0.39 is 5.91 Å². The molecule has 5 N–H and O–H groups in total. The van der Waals surface area contributed by atoms with Gasteiger partial charge in [-0.05, 0) is 25.0 Å². The fourth-order valence-electron chi connectivity index (χ4n) is 2.02. The van der Waals surface area contributed by atoms with Crippen LogP contribution in [0.25, 0.3) is 0 Å². The highest BCUT2D eigenvalue weighted by Gasteiger charge is 2.09. The number of primary amides is 1. The molecule has 0 aliphatic heterocycles. The second kappa shape index (κ2) is 6.60. The van der Waals surface area contributed by atoms with Gasteiger partial charge < -0.3 is 21.4 Å². The van der Waals surface area contributed by atoms with Crippen LogP contribution in [-0.4, -0.2) is 22.0 Å². The number of nitrogens with one attached hydrogen (secondary N) is 1. The summed E-state index contributed by atoms with van der Waals surface area (Å²) in [6.45, 7) is 1.66. The highest BCUT2D eigenvalue weighted by Crippen LogP contribution is 2.23. The third kappa shape index (κ3) is 3.50. The Labute approximate surface area is 117 Å². The van der Waals surface area contributed by atoms with Gasteiger partial charge in [0.05, 0.1) is 23.3 Å². The molecule has 1 aromatic carbocycles. The lowest BCUT2D eigenvalue weighted by Gasteiger charge is -2.12. The van der Waals surface area contributed by atoms with E-state index in [4.69, 9.17) is 11.5 Å². The molecule has 2 aromatic rings. The Balaban J connectivity index is 1.83. The standard InChI is InChI=1S/C14H19N5O/c15-12-5-3-4-11(14(16)20)13(12)18-6-1-2-8-19-9-7-17-10-19/h3-5,7,9-10,18H,1-2,6,8,15H2,(H2,16,20). The number of carbonyl (C=O) groups excluding carboxylic acids is 1. The molecule has 1 amide bonds. The van der Waals surface area contributed by atoms with E-state index in [-0.39, 0.29) is 0 Å². The summed E-state index contributed by atoms with van der Waals surface area (Å²) in [5, 5.41) is 3.19. The second-order valence-corrected chi connectivity index (χ2v) is 4.57. The van der Waals surface area contributed by atoms with Crippen LogP contribution in [0.15, 0.2) is 36.9 Å². The molecule has 106 valence electrons. The summed E-state index contributed by atoms with van der Waals surface area (Å²) in [5.74, 6) is -0.474. The van der Waals surface area contributed by atoms with Gasteiger partial charge in [-0.2, -0.15) is 0 Å². The molecule has 0 aliphatic carbocycles. The normalized spacial score (nSPS) is 10.4. The summed E-state index contributed by atoms with van der Waals surface area (Å²) < 4.78 is 2.03. The lowest BCUT2D eigenvalue weighted by atomic mass is 10.1. The zero-order chi connectivity index (χ0) is 14.4. The molecular formula is C14H19N5O. The van der Waals surface area contributed by atoms with Gasteiger partial charge in [0.2, 0.25) is 0 Å². The van der Waals surface area contributed by atoms with Gasteiger partial charge in [-0.3, -0.25) is 4.79 Å². The first-order valence-corrected chi connectivity index (χ1v) is 6.56. The number of nitrogen functional groups attached to an aromatic ring is 1. The molecule has 0 fully saturated rings. The summed E-state index contributed by atoms with van der Waals surface area (Å²) in [6, 6.07) is 5.15. The predicted octanol–water partition coefficient (Wildman–Crippen LogP) is 1.46. The molecule has 1 aromatic heterocycles. The number of para-hydroxylation sites is 1. The van der Waals surface area contributed by atoms with Crippen LogP contribution in [-0.2, 0) is 6.54 Å². The SMILES string of the molecule is NC(=O)c1cccc(N)c1NCCCCn1ccnc1. The van der Waals surface area contributed by atoms with Crippen molar-refractivity contribution in [3.63, 3.8) is 0 Å². The molecule has 0 aliphatic rings. The lowest BCUT2D eigenvalue weighted by Crippen LogP contribution is -2.16. The highest BCUT2D eigenvalue weighted by atomic mass is 16.1. The van der Waals surface area contributed by atoms with E-state index >= 15 is 0 Å². The van der Waals surface area contributed by atoms with Crippen molar-refractivity contribution in [3.05, 3.63) is 42.5 Å². The van der Waals surface area contributed by atoms with E-state index in [9.17, 15) is 4.79 Å².